The van der Waals surface area contributed by atoms with Crippen LogP contribution in [0.4, 0.5) is 0 Å². The van der Waals surface area contributed by atoms with Crippen molar-refractivity contribution in [1.82, 2.24) is 20.6 Å². The second-order valence-electron chi connectivity index (χ2n) is 6.12. The van der Waals surface area contributed by atoms with Gasteiger partial charge in [-0.15, -0.1) is 0 Å². The van der Waals surface area contributed by atoms with Gasteiger partial charge >= 0.3 is 0 Å². The van der Waals surface area contributed by atoms with Crippen LogP contribution in [0.5, 0.6) is 5.75 Å². The molecule has 7 heteroatoms. The Morgan fingerprint density at radius 1 is 1.21 bits per heavy atom. The third kappa shape index (κ3) is 3.64. The summed E-state index contributed by atoms with van der Waals surface area (Å²) in [5.74, 6) is 0.396. The van der Waals surface area contributed by atoms with Gasteiger partial charge in [0.1, 0.15) is 11.4 Å². The number of para-hydroxylation sites is 1. The van der Waals surface area contributed by atoms with Crippen molar-refractivity contribution in [2.24, 2.45) is 5.10 Å². The number of fused-ring (bicyclic) bond motifs is 1. The molecule has 0 saturated carbocycles. The largest absolute Gasteiger partial charge is 0.494 e. The Bertz CT molecular complexity index is 1140. The lowest BCUT2D eigenvalue weighted by Crippen LogP contribution is -2.17. The van der Waals surface area contributed by atoms with Crippen molar-refractivity contribution in [3.05, 3.63) is 72.1 Å². The second-order valence-corrected chi connectivity index (χ2v) is 6.12. The minimum Gasteiger partial charge on any atom is -0.494 e. The number of rotatable bonds is 6. The van der Waals surface area contributed by atoms with Crippen LogP contribution in [0.25, 0.3) is 22.2 Å². The molecule has 2 aromatic heterocycles. The SMILES string of the molecule is CCOc1cccc(-c2cc(C(=O)N/N=C\c3c[nH]c4ccccc34)[nH]n2)c1. The summed E-state index contributed by atoms with van der Waals surface area (Å²) < 4.78 is 5.50. The maximum atomic E-state index is 12.3. The Kier molecular flexibility index (Phi) is 4.88. The zero-order valence-electron chi connectivity index (χ0n) is 15.3. The fourth-order valence-electron chi connectivity index (χ4n) is 2.92. The third-order valence-electron chi connectivity index (χ3n) is 4.25. The molecule has 7 nitrogen and oxygen atoms in total. The number of amides is 1. The molecule has 0 aliphatic heterocycles. The molecular formula is C21H19N5O2. The third-order valence-corrected chi connectivity index (χ3v) is 4.25. The average molecular weight is 373 g/mol. The molecule has 3 N–H and O–H groups in total. The van der Waals surface area contributed by atoms with E-state index in [0.717, 1.165) is 27.8 Å². The van der Waals surface area contributed by atoms with Crippen molar-refractivity contribution in [3.63, 3.8) is 0 Å². The number of nitrogens with one attached hydrogen (secondary N) is 3. The highest BCUT2D eigenvalue weighted by atomic mass is 16.5. The summed E-state index contributed by atoms with van der Waals surface area (Å²) in [6, 6.07) is 17.1. The number of ether oxygens (including phenoxy) is 1. The lowest BCUT2D eigenvalue weighted by molar-refractivity contribution is 0.0950. The van der Waals surface area contributed by atoms with Gasteiger partial charge in [-0.05, 0) is 31.2 Å². The molecule has 0 spiro atoms. The molecule has 4 aromatic rings. The molecular weight excluding hydrogens is 354 g/mol. The summed E-state index contributed by atoms with van der Waals surface area (Å²) in [6.07, 6.45) is 3.46. The molecule has 28 heavy (non-hydrogen) atoms. The standard InChI is InChI=1S/C21H19N5O2/c1-2-28-16-7-5-6-14(10-16)19-11-20(25-24-19)21(27)26-23-13-15-12-22-18-9-4-3-8-17(15)18/h3-13,22H,2H2,1H3,(H,24,25)(H,26,27)/b23-13-. The predicted octanol–water partition coefficient (Wildman–Crippen LogP) is 3.72. The quantitative estimate of drug-likeness (QED) is 0.355. The van der Waals surface area contributed by atoms with E-state index in [1.807, 2.05) is 61.7 Å². The normalized spacial score (nSPS) is 11.2. The Morgan fingerprint density at radius 3 is 3.00 bits per heavy atom. The molecule has 1 amide bonds. The summed E-state index contributed by atoms with van der Waals surface area (Å²) in [5, 5.41) is 12.0. The number of carbonyl (C=O) groups is 1. The maximum absolute atomic E-state index is 12.3. The van der Waals surface area contributed by atoms with E-state index in [2.05, 4.69) is 25.7 Å². The highest BCUT2D eigenvalue weighted by Crippen LogP contribution is 2.23. The number of hydrogen-bond acceptors (Lipinski definition) is 4. The molecule has 140 valence electrons. The number of benzene rings is 2. The number of hydrogen-bond donors (Lipinski definition) is 3. The van der Waals surface area contributed by atoms with E-state index in [1.54, 1.807) is 12.3 Å². The van der Waals surface area contributed by atoms with E-state index in [-0.39, 0.29) is 5.91 Å². The van der Waals surface area contributed by atoms with Crippen molar-refractivity contribution in [1.29, 1.82) is 0 Å². The van der Waals surface area contributed by atoms with Crippen LogP contribution in [0.1, 0.15) is 23.0 Å². The molecule has 0 saturated heterocycles. The van der Waals surface area contributed by atoms with Crippen molar-refractivity contribution < 1.29 is 9.53 Å². The summed E-state index contributed by atoms with van der Waals surface area (Å²) in [6.45, 7) is 2.52. The van der Waals surface area contributed by atoms with Gasteiger partial charge in [-0.2, -0.15) is 10.2 Å². The van der Waals surface area contributed by atoms with Crippen LogP contribution in [-0.2, 0) is 0 Å². The van der Waals surface area contributed by atoms with Crippen LogP contribution >= 0.6 is 0 Å². The van der Waals surface area contributed by atoms with E-state index < -0.39 is 0 Å². The Labute approximate surface area is 161 Å². The van der Waals surface area contributed by atoms with Gasteiger partial charge in [0.25, 0.3) is 5.91 Å². The van der Waals surface area contributed by atoms with Gasteiger partial charge in [0.05, 0.1) is 18.5 Å². The molecule has 2 heterocycles. The molecule has 0 fully saturated rings. The van der Waals surface area contributed by atoms with Crippen molar-refractivity contribution in [3.8, 4) is 17.0 Å². The molecule has 0 unspecified atom stereocenters. The van der Waals surface area contributed by atoms with E-state index in [9.17, 15) is 4.79 Å². The number of nitrogens with zero attached hydrogens (tertiary/aromatic N) is 2. The van der Waals surface area contributed by atoms with E-state index in [0.29, 0.717) is 18.0 Å². The van der Waals surface area contributed by atoms with E-state index in [1.165, 1.54) is 0 Å². The van der Waals surface area contributed by atoms with Gasteiger partial charge in [0, 0.05) is 28.2 Å². The van der Waals surface area contributed by atoms with Crippen LogP contribution in [0.2, 0.25) is 0 Å². The lowest BCUT2D eigenvalue weighted by Gasteiger charge is -2.03. The minimum absolute atomic E-state index is 0.327. The average Bonchev–Trinajstić information content (AvgIpc) is 3.36. The van der Waals surface area contributed by atoms with Crippen LogP contribution in [0.15, 0.2) is 65.9 Å². The summed E-state index contributed by atoms with van der Waals surface area (Å²) >= 11 is 0. The smallest absolute Gasteiger partial charge is 0.289 e. The van der Waals surface area contributed by atoms with Crippen LogP contribution < -0.4 is 10.2 Å². The first-order valence-corrected chi connectivity index (χ1v) is 8.93. The first-order valence-electron chi connectivity index (χ1n) is 8.93. The van der Waals surface area contributed by atoms with Crippen molar-refractivity contribution in [2.45, 2.75) is 6.92 Å². The molecule has 0 atom stereocenters. The molecule has 0 radical (unpaired) electrons. The first kappa shape index (κ1) is 17.5. The minimum atomic E-state index is -0.365. The summed E-state index contributed by atoms with van der Waals surface area (Å²) in [7, 11) is 0. The van der Waals surface area contributed by atoms with Gasteiger partial charge in [0.15, 0.2) is 0 Å². The predicted molar refractivity (Wildman–Crippen MR) is 109 cm³/mol. The summed E-state index contributed by atoms with van der Waals surface area (Å²) in [5.41, 5.74) is 6.28. The van der Waals surface area contributed by atoms with E-state index in [4.69, 9.17) is 4.74 Å². The zero-order valence-corrected chi connectivity index (χ0v) is 15.3. The topological polar surface area (TPSA) is 95.2 Å². The Balaban J connectivity index is 1.45. The Morgan fingerprint density at radius 2 is 2.11 bits per heavy atom. The van der Waals surface area contributed by atoms with Crippen LogP contribution in [0.3, 0.4) is 0 Å². The van der Waals surface area contributed by atoms with Gasteiger partial charge in [-0.1, -0.05) is 30.3 Å². The highest BCUT2D eigenvalue weighted by Gasteiger charge is 2.11. The Hall–Kier alpha value is -3.87. The van der Waals surface area contributed by atoms with E-state index >= 15 is 0 Å². The zero-order chi connectivity index (χ0) is 19.3. The van der Waals surface area contributed by atoms with Crippen molar-refractivity contribution in [2.75, 3.05) is 6.61 Å². The van der Waals surface area contributed by atoms with Gasteiger partial charge in [0.2, 0.25) is 0 Å². The van der Waals surface area contributed by atoms with Gasteiger partial charge < -0.3 is 9.72 Å². The summed E-state index contributed by atoms with van der Waals surface area (Å²) in [4.78, 5) is 15.5. The van der Waals surface area contributed by atoms with Crippen molar-refractivity contribution >= 4 is 23.0 Å². The molecule has 2 aromatic carbocycles. The molecule has 0 bridgehead atoms. The number of carbonyl (C=O) groups excluding carboxylic acids is 1. The maximum Gasteiger partial charge on any atom is 0.289 e. The highest BCUT2D eigenvalue weighted by molar-refractivity contribution is 6.00. The first-order chi connectivity index (χ1) is 13.7. The monoisotopic (exact) mass is 373 g/mol. The van der Waals surface area contributed by atoms with Crippen LogP contribution in [0, 0.1) is 0 Å². The lowest BCUT2D eigenvalue weighted by atomic mass is 10.1. The van der Waals surface area contributed by atoms with Crippen LogP contribution in [-0.4, -0.2) is 33.9 Å². The number of aromatic amines is 2. The molecule has 0 aliphatic rings. The number of H-pyrrole nitrogens is 2. The second kappa shape index (κ2) is 7.79. The van der Waals surface area contributed by atoms with Gasteiger partial charge in [-0.25, -0.2) is 5.43 Å². The van der Waals surface area contributed by atoms with Gasteiger partial charge in [-0.3, -0.25) is 9.89 Å². The fraction of sp³-hybridized carbons (Fsp3) is 0.0952. The fourth-order valence-corrected chi connectivity index (χ4v) is 2.92. The number of hydrazone groups is 1. The molecule has 4 rings (SSSR count). The molecule has 0 aliphatic carbocycles. The number of aromatic nitrogens is 3.